The zero-order valence-electron chi connectivity index (χ0n) is 22.3. The average molecular weight is 549 g/mol. The van der Waals surface area contributed by atoms with E-state index in [1.807, 2.05) is 19.1 Å². The van der Waals surface area contributed by atoms with Gasteiger partial charge in [-0.25, -0.2) is 23.0 Å². The number of benzene rings is 2. The number of hydrogen-bond acceptors (Lipinski definition) is 7. The van der Waals surface area contributed by atoms with Crippen molar-refractivity contribution in [3.05, 3.63) is 53.1 Å². The zero-order chi connectivity index (χ0) is 27.6. The topological polar surface area (TPSA) is 106 Å². The number of rotatable bonds is 11. The Hall–Kier alpha value is -2.76. The van der Waals surface area contributed by atoms with Crippen molar-refractivity contribution in [2.45, 2.75) is 46.1 Å². The van der Waals surface area contributed by atoms with Gasteiger partial charge in [-0.2, -0.15) is 0 Å². The molecule has 1 aliphatic carbocycles. The van der Waals surface area contributed by atoms with Crippen LogP contribution in [0.1, 0.15) is 44.7 Å². The number of nitrogens with zero attached hydrogens (tertiary/aromatic N) is 3. The predicted molar refractivity (Wildman–Crippen MR) is 150 cm³/mol. The molecule has 0 spiro atoms. The van der Waals surface area contributed by atoms with Crippen LogP contribution < -0.4 is 20.5 Å². The molecule has 0 aromatic heterocycles. The molecule has 11 heteroatoms. The third-order valence-electron chi connectivity index (χ3n) is 6.98. The summed E-state index contributed by atoms with van der Waals surface area (Å²) < 4.78 is 56.7. The lowest BCUT2D eigenvalue weighted by molar-refractivity contribution is 0.248. The van der Waals surface area contributed by atoms with E-state index >= 15 is 4.39 Å². The highest BCUT2D eigenvalue weighted by Crippen LogP contribution is 2.31. The number of sulfonamides is 1. The van der Waals surface area contributed by atoms with Gasteiger partial charge in [0.25, 0.3) is 0 Å². The number of hydrogen-bond donors (Lipinski definition) is 3. The largest absolute Gasteiger partial charge is 0.369 e. The van der Waals surface area contributed by atoms with Gasteiger partial charge in [-0.1, -0.05) is 20.8 Å². The fraction of sp³-hybridized carbons (Fsp3) is 0.519. The summed E-state index contributed by atoms with van der Waals surface area (Å²) in [5.74, 6) is 3.62. The first-order chi connectivity index (χ1) is 18.0. The Balaban J connectivity index is 1.51. The highest BCUT2D eigenvalue weighted by atomic mass is 32.2. The Morgan fingerprint density at radius 3 is 2.45 bits per heavy atom. The van der Waals surface area contributed by atoms with Crippen molar-refractivity contribution in [2.24, 2.45) is 11.8 Å². The van der Waals surface area contributed by atoms with Gasteiger partial charge < -0.3 is 10.3 Å². The van der Waals surface area contributed by atoms with E-state index in [9.17, 15) is 12.8 Å². The van der Waals surface area contributed by atoms with Crippen LogP contribution in [0, 0.1) is 23.0 Å². The van der Waals surface area contributed by atoms with E-state index < -0.39 is 27.3 Å². The van der Waals surface area contributed by atoms with Crippen molar-refractivity contribution in [3.8, 4) is 0 Å². The first kappa shape index (κ1) is 28.3. The molecule has 0 radical (unpaired) electrons. The molecule has 0 amide bonds. The van der Waals surface area contributed by atoms with Gasteiger partial charge in [-0.3, -0.25) is 14.6 Å². The number of nitrogens with two attached hydrogens (primary N) is 1. The van der Waals surface area contributed by atoms with Crippen LogP contribution in [-0.4, -0.2) is 63.5 Å². The lowest BCUT2D eigenvalue weighted by Crippen LogP contribution is -2.47. The summed E-state index contributed by atoms with van der Waals surface area (Å²) in [5, 5.41) is 9.52. The Labute approximate surface area is 224 Å². The molecule has 2 aromatic rings. The van der Waals surface area contributed by atoms with Crippen LogP contribution in [0.4, 0.5) is 25.8 Å². The van der Waals surface area contributed by atoms with Gasteiger partial charge in [-0.05, 0) is 66.6 Å². The second-order valence-corrected chi connectivity index (χ2v) is 12.4. The molecule has 38 heavy (non-hydrogen) atoms. The number of nitrogens with one attached hydrogen (secondary N) is 2. The summed E-state index contributed by atoms with van der Waals surface area (Å²) in [6.45, 7) is 9.09. The molecular weight excluding hydrogens is 510 g/mol. The van der Waals surface area contributed by atoms with Crippen molar-refractivity contribution in [1.29, 1.82) is 5.41 Å². The van der Waals surface area contributed by atoms with Crippen molar-refractivity contribution < 1.29 is 17.2 Å². The highest BCUT2D eigenvalue weighted by molar-refractivity contribution is 7.92. The lowest BCUT2D eigenvalue weighted by atomic mass is 10.0. The molecule has 1 heterocycles. The molecule has 1 saturated carbocycles. The first-order valence-corrected chi connectivity index (χ1v) is 14.8. The molecule has 0 atom stereocenters. The maximum Gasteiger partial charge on any atom is 0.233 e. The van der Waals surface area contributed by atoms with Crippen LogP contribution in [0.2, 0.25) is 0 Å². The minimum absolute atomic E-state index is 0.102. The lowest BCUT2D eigenvalue weighted by Gasteiger charge is -2.36. The van der Waals surface area contributed by atoms with Crippen LogP contribution in [0.5, 0.6) is 0 Å². The van der Waals surface area contributed by atoms with Crippen LogP contribution in [-0.2, 0) is 16.4 Å². The van der Waals surface area contributed by atoms with E-state index in [1.54, 1.807) is 13.8 Å². The number of halogens is 2. The highest BCUT2D eigenvalue weighted by Gasteiger charge is 2.31. The first-order valence-electron chi connectivity index (χ1n) is 13.2. The smallest absolute Gasteiger partial charge is 0.233 e. The van der Waals surface area contributed by atoms with Crippen molar-refractivity contribution in [3.63, 3.8) is 0 Å². The molecule has 4 rings (SSSR count). The van der Waals surface area contributed by atoms with E-state index in [0.717, 1.165) is 67.0 Å². The average Bonchev–Trinajstić information content (AvgIpc) is 3.70. The third-order valence-corrected chi connectivity index (χ3v) is 8.61. The summed E-state index contributed by atoms with van der Waals surface area (Å²) in [6, 6.07) is 8.71. The number of hydrazine groups is 1. The Bertz CT molecular complexity index is 1270. The molecule has 4 N–H and O–H groups in total. The van der Waals surface area contributed by atoms with Crippen molar-refractivity contribution in [1.82, 2.24) is 4.90 Å². The van der Waals surface area contributed by atoms with Gasteiger partial charge in [0.1, 0.15) is 5.69 Å². The van der Waals surface area contributed by atoms with Crippen molar-refractivity contribution >= 4 is 32.8 Å². The van der Waals surface area contributed by atoms with Gasteiger partial charge in [0.15, 0.2) is 11.6 Å². The van der Waals surface area contributed by atoms with Gasteiger partial charge in [0.2, 0.25) is 10.0 Å². The minimum Gasteiger partial charge on any atom is -0.369 e. The molecule has 1 aliphatic heterocycles. The van der Waals surface area contributed by atoms with Gasteiger partial charge in [0.05, 0.1) is 23.7 Å². The summed E-state index contributed by atoms with van der Waals surface area (Å²) in [4.78, 5) is 4.86. The molecule has 208 valence electrons. The van der Waals surface area contributed by atoms with E-state index in [-0.39, 0.29) is 29.6 Å². The molecule has 2 fully saturated rings. The normalized spacial score (nSPS) is 16.7. The zero-order valence-corrected chi connectivity index (χ0v) is 23.1. The summed E-state index contributed by atoms with van der Waals surface area (Å²) in [6.07, 6.45) is 3.36. The van der Waals surface area contributed by atoms with Gasteiger partial charge in [-0.15, -0.1) is 0 Å². The monoisotopic (exact) mass is 548 g/mol. The van der Waals surface area contributed by atoms with Crippen LogP contribution in [0.3, 0.4) is 0 Å². The van der Waals surface area contributed by atoms with E-state index in [2.05, 4.69) is 20.6 Å². The van der Waals surface area contributed by atoms with Gasteiger partial charge in [0, 0.05) is 37.9 Å². The molecule has 2 aromatic carbocycles. The minimum atomic E-state index is -3.83. The Morgan fingerprint density at radius 2 is 1.84 bits per heavy atom. The van der Waals surface area contributed by atoms with Gasteiger partial charge >= 0.3 is 0 Å². The standard InChI is InChI=1S/C27H38F2N6O2S/c1-4-19-13-20(15-22(14-19)34-11-9-33(10-12-34)21-5-6-21)24(30)16-35(31)27-23(28)7-8-25(26(27)29)32-38(36,37)17-18(2)3/h7-8,13-15,18,21,30,32H,4-6,9-12,16-17,31H2,1-3H3. The quantitative estimate of drug-likeness (QED) is 0.223. The van der Waals surface area contributed by atoms with E-state index in [4.69, 9.17) is 11.3 Å². The molecule has 0 unspecified atom stereocenters. The Kier molecular flexibility index (Phi) is 8.59. The summed E-state index contributed by atoms with van der Waals surface area (Å²) in [7, 11) is -3.83. The maximum atomic E-state index is 15.3. The second kappa shape index (κ2) is 11.5. The second-order valence-electron chi connectivity index (χ2n) is 10.6. The van der Waals surface area contributed by atoms with Crippen LogP contribution >= 0.6 is 0 Å². The fourth-order valence-corrected chi connectivity index (χ4v) is 6.35. The molecule has 2 aliphatic rings. The number of anilines is 3. The molecule has 8 nitrogen and oxygen atoms in total. The fourth-order valence-electron chi connectivity index (χ4n) is 4.89. The SMILES string of the molecule is CCc1cc(C(=N)CN(N)c2c(F)ccc(NS(=O)(=O)CC(C)C)c2F)cc(N2CCN(C3CC3)CC2)c1. The molecular formula is C27H38F2N6O2S. The molecule has 1 saturated heterocycles. The predicted octanol–water partition coefficient (Wildman–Crippen LogP) is 3.96. The number of piperazine rings is 1. The van der Waals surface area contributed by atoms with Crippen LogP contribution in [0.15, 0.2) is 30.3 Å². The maximum absolute atomic E-state index is 15.3. The van der Waals surface area contributed by atoms with Crippen LogP contribution in [0.25, 0.3) is 0 Å². The summed E-state index contributed by atoms with van der Waals surface area (Å²) in [5.41, 5.74) is 1.85. The third kappa shape index (κ3) is 6.81. The van der Waals surface area contributed by atoms with Crippen molar-refractivity contribution in [2.75, 3.05) is 53.1 Å². The Morgan fingerprint density at radius 1 is 1.16 bits per heavy atom. The van der Waals surface area contributed by atoms with E-state index in [0.29, 0.717) is 5.56 Å². The molecule has 0 bridgehead atoms. The summed E-state index contributed by atoms with van der Waals surface area (Å²) >= 11 is 0. The number of aryl methyl sites for hydroxylation is 1. The van der Waals surface area contributed by atoms with E-state index in [1.165, 1.54) is 12.8 Å².